The van der Waals surface area contributed by atoms with Crippen molar-refractivity contribution < 1.29 is 4.74 Å². The minimum Gasteiger partial charge on any atom is -0.385 e. The van der Waals surface area contributed by atoms with Crippen LogP contribution in [0.2, 0.25) is 0 Å². The Morgan fingerprint density at radius 2 is 1.89 bits per heavy atom. The second kappa shape index (κ2) is 14.3. The number of guanidine groups is 1. The van der Waals surface area contributed by atoms with Gasteiger partial charge in [-0.2, -0.15) is 0 Å². The van der Waals surface area contributed by atoms with Crippen LogP contribution in [0.5, 0.6) is 0 Å². The second-order valence-corrected chi connectivity index (χ2v) is 4.49. The van der Waals surface area contributed by atoms with E-state index in [0.717, 1.165) is 45.2 Å². The van der Waals surface area contributed by atoms with Crippen LogP contribution in [0, 0.1) is 0 Å². The van der Waals surface area contributed by atoms with Crippen LogP contribution in [-0.4, -0.2) is 63.8 Å². The maximum absolute atomic E-state index is 5.00. The molecule has 0 atom stereocenters. The Balaban J connectivity index is 0. The predicted octanol–water partition coefficient (Wildman–Crippen LogP) is 1.54. The summed E-state index contributed by atoms with van der Waals surface area (Å²) < 4.78 is 5.00. The van der Waals surface area contributed by atoms with Crippen LogP contribution in [0.3, 0.4) is 0 Å². The third-order valence-electron chi connectivity index (χ3n) is 2.87. The van der Waals surface area contributed by atoms with Crippen molar-refractivity contribution in [2.75, 3.05) is 46.9 Å². The number of methoxy groups -OCH3 is 1. The number of hydrogen-bond acceptors (Lipinski definition) is 3. The lowest BCUT2D eigenvalue weighted by Crippen LogP contribution is -2.43. The van der Waals surface area contributed by atoms with E-state index in [1.807, 2.05) is 0 Å². The molecule has 0 saturated carbocycles. The number of likely N-dealkylation sites (N-methyl/N-ethyl adjacent to an activating group) is 1. The Hall–Kier alpha value is -0.0800. The van der Waals surface area contributed by atoms with Crippen LogP contribution in [0.15, 0.2) is 4.99 Å². The molecule has 0 bridgehead atoms. The molecule has 5 nitrogen and oxygen atoms in total. The van der Waals surface area contributed by atoms with Crippen molar-refractivity contribution in [2.45, 2.75) is 33.2 Å². The summed E-state index contributed by atoms with van der Waals surface area (Å²) in [6.07, 6.45) is 0.990. The van der Waals surface area contributed by atoms with E-state index in [1.165, 1.54) is 0 Å². The van der Waals surface area contributed by atoms with Gasteiger partial charge in [0.2, 0.25) is 0 Å². The second-order valence-electron chi connectivity index (χ2n) is 4.49. The molecule has 0 aliphatic heterocycles. The largest absolute Gasteiger partial charge is 0.385 e. The molecule has 0 rings (SSSR count). The fraction of sp³-hybridized carbons (Fsp3) is 0.923. The highest BCUT2D eigenvalue weighted by Crippen LogP contribution is 1.95. The van der Waals surface area contributed by atoms with E-state index < -0.39 is 0 Å². The molecular formula is C13H31IN4O. The molecule has 0 saturated heterocycles. The summed E-state index contributed by atoms with van der Waals surface area (Å²) in [5.41, 5.74) is 0. The molecule has 2 N–H and O–H groups in total. The third kappa shape index (κ3) is 11.4. The van der Waals surface area contributed by atoms with Crippen molar-refractivity contribution in [2.24, 2.45) is 4.99 Å². The summed E-state index contributed by atoms with van der Waals surface area (Å²) in [5.74, 6) is 0.867. The molecule has 0 aliphatic carbocycles. The van der Waals surface area contributed by atoms with Crippen LogP contribution < -0.4 is 10.6 Å². The average Bonchev–Trinajstić information content (AvgIpc) is 2.36. The van der Waals surface area contributed by atoms with Crippen molar-refractivity contribution in [3.63, 3.8) is 0 Å². The highest BCUT2D eigenvalue weighted by Gasteiger charge is 2.06. The van der Waals surface area contributed by atoms with Crippen molar-refractivity contribution >= 4 is 29.9 Å². The first kappa shape index (κ1) is 21.2. The SMILES string of the molecule is CCN(CCNC(=NC)NCCCOC)C(C)C.I. The lowest BCUT2D eigenvalue weighted by Gasteiger charge is -2.25. The first-order chi connectivity index (χ1) is 8.65. The molecule has 19 heavy (non-hydrogen) atoms. The summed E-state index contributed by atoms with van der Waals surface area (Å²) in [4.78, 5) is 6.61. The molecule has 0 aromatic carbocycles. The number of aliphatic imine (C=N–C) groups is 1. The van der Waals surface area contributed by atoms with Gasteiger partial charge in [0.1, 0.15) is 0 Å². The normalized spacial score (nSPS) is 11.6. The van der Waals surface area contributed by atoms with Crippen LogP contribution in [0.25, 0.3) is 0 Å². The van der Waals surface area contributed by atoms with Gasteiger partial charge in [-0.3, -0.25) is 9.89 Å². The van der Waals surface area contributed by atoms with Gasteiger partial charge in [-0.05, 0) is 26.8 Å². The summed E-state index contributed by atoms with van der Waals surface area (Å²) in [6.45, 7) is 11.3. The van der Waals surface area contributed by atoms with Crippen LogP contribution in [0.1, 0.15) is 27.2 Å². The molecule has 0 aliphatic rings. The quantitative estimate of drug-likeness (QED) is 0.273. The van der Waals surface area contributed by atoms with Gasteiger partial charge in [-0.15, -0.1) is 24.0 Å². The molecule has 0 fully saturated rings. The van der Waals surface area contributed by atoms with Crippen LogP contribution in [0.4, 0.5) is 0 Å². The zero-order valence-electron chi connectivity index (χ0n) is 13.0. The number of hydrogen-bond donors (Lipinski definition) is 2. The minimum absolute atomic E-state index is 0. The lowest BCUT2D eigenvalue weighted by molar-refractivity contribution is 0.195. The maximum Gasteiger partial charge on any atom is 0.191 e. The van der Waals surface area contributed by atoms with E-state index in [-0.39, 0.29) is 24.0 Å². The van der Waals surface area contributed by atoms with Gasteiger partial charge < -0.3 is 15.4 Å². The Kier molecular flexibility index (Phi) is 16.0. The zero-order valence-corrected chi connectivity index (χ0v) is 15.4. The molecule has 116 valence electrons. The Morgan fingerprint density at radius 1 is 1.26 bits per heavy atom. The lowest BCUT2D eigenvalue weighted by atomic mass is 10.3. The van der Waals surface area contributed by atoms with Crippen molar-refractivity contribution in [1.82, 2.24) is 15.5 Å². The fourth-order valence-corrected chi connectivity index (χ4v) is 1.74. The van der Waals surface area contributed by atoms with Crippen LogP contribution in [-0.2, 0) is 4.74 Å². The van der Waals surface area contributed by atoms with Crippen LogP contribution >= 0.6 is 24.0 Å². The van der Waals surface area contributed by atoms with E-state index in [9.17, 15) is 0 Å². The molecule has 0 radical (unpaired) electrons. The maximum atomic E-state index is 5.00. The smallest absolute Gasteiger partial charge is 0.191 e. The zero-order chi connectivity index (χ0) is 13.8. The van der Waals surface area contributed by atoms with E-state index >= 15 is 0 Å². The van der Waals surface area contributed by atoms with Gasteiger partial charge in [-0.1, -0.05) is 6.92 Å². The topological polar surface area (TPSA) is 48.9 Å². The van der Waals surface area contributed by atoms with Crippen molar-refractivity contribution in [1.29, 1.82) is 0 Å². The fourth-order valence-electron chi connectivity index (χ4n) is 1.74. The van der Waals surface area contributed by atoms with Crippen molar-refractivity contribution in [3.05, 3.63) is 0 Å². The summed E-state index contributed by atoms with van der Waals surface area (Å²) >= 11 is 0. The van der Waals surface area contributed by atoms with Gasteiger partial charge in [-0.25, -0.2) is 0 Å². The van der Waals surface area contributed by atoms with E-state index in [2.05, 4.69) is 41.3 Å². The highest BCUT2D eigenvalue weighted by molar-refractivity contribution is 14.0. The summed E-state index contributed by atoms with van der Waals surface area (Å²) in [6, 6.07) is 0.591. The predicted molar refractivity (Wildman–Crippen MR) is 93.7 cm³/mol. The average molecular weight is 386 g/mol. The molecule has 0 heterocycles. The van der Waals surface area contributed by atoms with E-state index in [0.29, 0.717) is 6.04 Å². The molecule has 0 unspecified atom stereocenters. The number of rotatable bonds is 9. The van der Waals surface area contributed by atoms with Gasteiger partial charge in [0, 0.05) is 46.4 Å². The number of halogens is 1. The monoisotopic (exact) mass is 386 g/mol. The molecular weight excluding hydrogens is 355 g/mol. The third-order valence-corrected chi connectivity index (χ3v) is 2.87. The number of nitrogens with one attached hydrogen (secondary N) is 2. The summed E-state index contributed by atoms with van der Waals surface area (Å²) in [5, 5.41) is 6.59. The molecule has 0 amide bonds. The Bertz CT molecular complexity index is 225. The van der Waals surface area contributed by atoms with Gasteiger partial charge in [0.25, 0.3) is 0 Å². The first-order valence-corrected chi connectivity index (χ1v) is 6.83. The van der Waals surface area contributed by atoms with Gasteiger partial charge in [0.15, 0.2) is 5.96 Å². The molecule has 6 heteroatoms. The molecule has 0 aromatic rings. The Labute approximate surface area is 135 Å². The summed E-state index contributed by atoms with van der Waals surface area (Å²) in [7, 11) is 3.52. The number of nitrogens with zero attached hydrogens (tertiary/aromatic N) is 2. The number of ether oxygens (including phenoxy) is 1. The molecule has 0 aromatic heterocycles. The Morgan fingerprint density at radius 3 is 2.37 bits per heavy atom. The van der Waals surface area contributed by atoms with E-state index in [4.69, 9.17) is 4.74 Å². The van der Waals surface area contributed by atoms with Gasteiger partial charge in [0.05, 0.1) is 0 Å². The highest BCUT2D eigenvalue weighted by atomic mass is 127. The van der Waals surface area contributed by atoms with Crippen molar-refractivity contribution in [3.8, 4) is 0 Å². The minimum atomic E-state index is 0. The first-order valence-electron chi connectivity index (χ1n) is 6.83. The molecule has 0 spiro atoms. The van der Waals surface area contributed by atoms with Gasteiger partial charge >= 0.3 is 0 Å². The van der Waals surface area contributed by atoms with E-state index in [1.54, 1.807) is 14.2 Å². The standard InChI is InChI=1S/C13H30N4O.HI/c1-6-17(12(2)3)10-9-16-13(14-4)15-8-7-11-18-5;/h12H,6-11H2,1-5H3,(H2,14,15,16);1H.